The summed E-state index contributed by atoms with van der Waals surface area (Å²) in [5, 5.41) is 2.43. The van der Waals surface area contributed by atoms with Gasteiger partial charge in [-0.15, -0.1) is 0 Å². The minimum Gasteiger partial charge on any atom is -0.496 e. The van der Waals surface area contributed by atoms with Crippen LogP contribution in [0, 0.1) is 0 Å². The Kier molecular flexibility index (Phi) is 8.42. The molecular formula is C21H25N3O4S. The van der Waals surface area contributed by atoms with Gasteiger partial charge in [-0.1, -0.05) is 44.2 Å². The fourth-order valence-electron chi connectivity index (χ4n) is 2.58. The van der Waals surface area contributed by atoms with Gasteiger partial charge in [-0.05, 0) is 48.3 Å². The molecule has 0 aliphatic rings. The predicted molar refractivity (Wildman–Crippen MR) is 115 cm³/mol. The van der Waals surface area contributed by atoms with E-state index in [9.17, 15) is 9.59 Å². The summed E-state index contributed by atoms with van der Waals surface area (Å²) < 4.78 is 10.8. The molecule has 0 aliphatic heterocycles. The van der Waals surface area contributed by atoms with Crippen LogP contribution in [0.2, 0.25) is 0 Å². The van der Waals surface area contributed by atoms with E-state index in [4.69, 9.17) is 21.7 Å². The Hall–Kier alpha value is -3.13. The number of hydrogen-bond acceptors (Lipinski definition) is 5. The molecule has 8 heteroatoms. The Labute approximate surface area is 175 Å². The Bertz CT molecular complexity index is 873. The first-order valence-electron chi connectivity index (χ1n) is 9.21. The van der Waals surface area contributed by atoms with E-state index < -0.39 is 11.8 Å². The van der Waals surface area contributed by atoms with Gasteiger partial charge in [0.1, 0.15) is 11.5 Å². The third-order valence-electron chi connectivity index (χ3n) is 4.32. The van der Waals surface area contributed by atoms with E-state index in [-0.39, 0.29) is 11.7 Å². The van der Waals surface area contributed by atoms with Gasteiger partial charge in [0, 0.05) is 0 Å². The maximum absolute atomic E-state index is 12.3. The van der Waals surface area contributed by atoms with Crippen molar-refractivity contribution in [2.24, 2.45) is 0 Å². The lowest BCUT2D eigenvalue weighted by Gasteiger charge is -2.16. The van der Waals surface area contributed by atoms with Crippen LogP contribution in [0.3, 0.4) is 0 Å². The lowest BCUT2D eigenvalue weighted by atomic mass is 9.98. The van der Waals surface area contributed by atoms with Crippen molar-refractivity contribution in [3.63, 3.8) is 0 Å². The average Bonchev–Trinajstić information content (AvgIpc) is 2.75. The number of para-hydroxylation sites is 2. The number of hydrazine groups is 1. The van der Waals surface area contributed by atoms with Crippen molar-refractivity contribution < 1.29 is 19.1 Å². The maximum Gasteiger partial charge on any atom is 0.276 e. The molecule has 154 valence electrons. The summed E-state index contributed by atoms with van der Waals surface area (Å²) in [6.45, 7) is 4.01. The van der Waals surface area contributed by atoms with Gasteiger partial charge >= 0.3 is 0 Å². The van der Waals surface area contributed by atoms with Gasteiger partial charge in [0.2, 0.25) is 0 Å². The van der Waals surface area contributed by atoms with Crippen molar-refractivity contribution in [1.82, 2.24) is 16.2 Å². The van der Waals surface area contributed by atoms with Crippen LogP contribution in [0.4, 0.5) is 0 Å². The average molecular weight is 416 g/mol. The number of amides is 2. The molecule has 0 spiro atoms. The van der Waals surface area contributed by atoms with Crippen molar-refractivity contribution in [1.29, 1.82) is 0 Å². The maximum atomic E-state index is 12.3. The molecule has 7 nitrogen and oxygen atoms in total. The minimum atomic E-state index is -0.451. The molecule has 29 heavy (non-hydrogen) atoms. The molecule has 0 aromatic heterocycles. The molecule has 3 N–H and O–H groups in total. The largest absolute Gasteiger partial charge is 0.496 e. The molecule has 0 aliphatic carbocycles. The van der Waals surface area contributed by atoms with Gasteiger partial charge in [0.15, 0.2) is 11.7 Å². The highest BCUT2D eigenvalue weighted by atomic mass is 32.1. The molecule has 2 aromatic rings. The molecule has 0 fully saturated rings. The highest BCUT2D eigenvalue weighted by molar-refractivity contribution is 7.80. The van der Waals surface area contributed by atoms with Gasteiger partial charge in [0.25, 0.3) is 11.8 Å². The van der Waals surface area contributed by atoms with E-state index in [1.807, 2.05) is 24.3 Å². The summed E-state index contributed by atoms with van der Waals surface area (Å²) in [4.78, 5) is 24.3. The molecule has 0 bridgehead atoms. The van der Waals surface area contributed by atoms with E-state index in [0.717, 1.165) is 12.0 Å². The fraction of sp³-hybridized carbons (Fsp3) is 0.286. The highest BCUT2D eigenvalue weighted by Crippen LogP contribution is 2.28. The first-order chi connectivity index (χ1) is 14.0. The summed E-state index contributed by atoms with van der Waals surface area (Å²) in [5.74, 6) is 0.533. The summed E-state index contributed by atoms with van der Waals surface area (Å²) in [6, 6.07) is 14.4. The SMILES string of the molecule is CC[C@H](C)c1ccccc1OCC(=O)NNC(=S)NC(=O)c1ccccc1OC. The molecule has 0 unspecified atom stereocenters. The Morgan fingerprint density at radius 2 is 1.69 bits per heavy atom. The third kappa shape index (κ3) is 6.46. The van der Waals surface area contributed by atoms with Crippen LogP contribution in [0.15, 0.2) is 48.5 Å². The Morgan fingerprint density at radius 3 is 2.38 bits per heavy atom. The molecule has 2 amide bonds. The number of benzene rings is 2. The third-order valence-corrected chi connectivity index (χ3v) is 4.52. The smallest absolute Gasteiger partial charge is 0.276 e. The molecule has 1 atom stereocenters. The van der Waals surface area contributed by atoms with E-state index in [1.165, 1.54) is 7.11 Å². The predicted octanol–water partition coefficient (Wildman–Crippen LogP) is 2.92. The number of carbonyl (C=O) groups excluding carboxylic acids is 2. The van der Waals surface area contributed by atoms with Crippen LogP contribution in [-0.4, -0.2) is 30.6 Å². The normalized spacial score (nSPS) is 11.1. The van der Waals surface area contributed by atoms with Gasteiger partial charge in [-0.2, -0.15) is 0 Å². The lowest BCUT2D eigenvalue weighted by molar-refractivity contribution is -0.123. The molecule has 2 aromatic carbocycles. The second-order valence-electron chi connectivity index (χ2n) is 6.29. The summed E-state index contributed by atoms with van der Waals surface area (Å²) >= 11 is 5.04. The van der Waals surface area contributed by atoms with Gasteiger partial charge in [-0.3, -0.25) is 25.8 Å². The van der Waals surface area contributed by atoms with Crippen LogP contribution >= 0.6 is 12.2 Å². The lowest BCUT2D eigenvalue weighted by Crippen LogP contribution is -2.49. The molecule has 0 saturated carbocycles. The first-order valence-corrected chi connectivity index (χ1v) is 9.62. The zero-order chi connectivity index (χ0) is 21.2. The Balaban J connectivity index is 1.82. The first kappa shape index (κ1) is 22.2. The summed E-state index contributed by atoms with van der Waals surface area (Å²) in [7, 11) is 1.47. The van der Waals surface area contributed by atoms with Gasteiger partial charge < -0.3 is 9.47 Å². The number of carbonyl (C=O) groups is 2. The zero-order valence-corrected chi connectivity index (χ0v) is 17.5. The van der Waals surface area contributed by atoms with E-state index >= 15 is 0 Å². The number of rotatable bonds is 7. The van der Waals surface area contributed by atoms with E-state index in [0.29, 0.717) is 23.0 Å². The van der Waals surface area contributed by atoms with Crippen molar-refractivity contribution >= 4 is 29.1 Å². The monoisotopic (exact) mass is 415 g/mol. The quantitative estimate of drug-likeness (QED) is 0.476. The second-order valence-corrected chi connectivity index (χ2v) is 6.70. The van der Waals surface area contributed by atoms with E-state index in [1.54, 1.807) is 24.3 Å². The second kappa shape index (κ2) is 11.0. The van der Waals surface area contributed by atoms with Gasteiger partial charge in [0.05, 0.1) is 12.7 Å². The summed E-state index contributed by atoms with van der Waals surface area (Å²) in [5.41, 5.74) is 6.26. The topological polar surface area (TPSA) is 88.7 Å². The van der Waals surface area contributed by atoms with Crippen LogP contribution in [0.1, 0.15) is 42.1 Å². The highest BCUT2D eigenvalue weighted by Gasteiger charge is 2.14. The van der Waals surface area contributed by atoms with Crippen LogP contribution < -0.4 is 25.6 Å². The van der Waals surface area contributed by atoms with Crippen LogP contribution in [-0.2, 0) is 4.79 Å². The molecule has 2 rings (SSSR count). The van der Waals surface area contributed by atoms with Crippen LogP contribution in [0.5, 0.6) is 11.5 Å². The number of nitrogens with one attached hydrogen (secondary N) is 3. The van der Waals surface area contributed by atoms with E-state index in [2.05, 4.69) is 30.0 Å². The van der Waals surface area contributed by atoms with Crippen molar-refractivity contribution in [3.05, 3.63) is 59.7 Å². The molecule has 0 radical (unpaired) electrons. The summed E-state index contributed by atoms with van der Waals surface area (Å²) in [6.07, 6.45) is 0.967. The fourth-order valence-corrected chi connectivity index (χ4v) is 2.72. The molecule has 0 saturated heterocycles. The van der Waals surface area contributed by atoms with Crippen molar-refractivity contribution in [2.45, 2.75) is 26.2 Å². The number of hydrogen-bond donors (Lipinski definition) is 3. The number of methoxy groups -OCH3 is 1. The van der Waals surface area contributed by atoms with Crippen molar-refractivity contribution in [3.8, 4) is 11.5 Å². The standard InChI is InChI=1S/C21H25N3O4S/c1-4-14(2)15-9-5-8-12-18(15)28-13-19(25)23-24-21(29)22-20(26)16-10-6-7-11-17(16)27-3/h5-12,14H,4,13H2,1-3H3,(H,23,25)(H2,22,24,26,29)/t14-/m0/s1. The molecular weight excluding hydrogens is 390 g/mol. The van der Waals surface area contributed by atoms with Gasteiger partial charge in [-0.25, -0.2) is 0 Å². The zero-order valence-electron chi connectivity index (χ0n) is 16.7. The van der Waals surface area contributed by atoms with Crippen LogP contribution in [0.25, 0.3) is 0 Å². The number of ether oxygens (including phenoxy) is 2. The van der Waals surface area contributed by atoms with Crippen molar-refractivity contribution in [2.75, 3.05) is 13.7 Å². The minimum absolute atomic E-state index is 0.0470. The Morgan fingerprint density at radius 1 is 1.03 bits per heavy atom. The molecule has 0 heterocycles. The number of thiocarbonyl (C=S) groups is 1.